The number of hydrogen-bond donors (Lipinski definition) is 1. The summed E-state index contributed by atoms with van der Waals surface area (Å²) in [6.07, 6.45) is 2.00. The van der Waals surface area contributed by atoms with Crippen molar-refractivity contribution < 1.29 is 0 Å². The van der Waals surface area contributed by atoms with E-state index in [-0.39, 0.29) is 5.54 Å². The molecule has 2 unspecified atom stereocenters. The van der Waals surface area contributed by atoms with E-state index < -0.39 is 0 Å². The van der Waals surface area contributed by atoms with Crippen LogP contribution in [0.15, 0.2) is 0 Å². The molecule has 0 saturated carbocycles. The molecule has 0 bridgehead atoms. The summed E-state index contributed by atoms with van der Waals surface area (Å²) in [5.74, 6) is 0. The van der Waals surface area contributed by atoms with Gasteiger partial charge in [-0.15, -0.1) is 0 Å². The molecule has 0 aromatic rings. The van der Waals surface area contributed by atoms with Crippen molar-refractivity contribution in [2.45, 2.75) is 38.3 Å². The highest BCUT2D eigenvalue weighted by molar-refractivity contribution is 5.02. The van der Waals surface area contributed by atoms with Gasteiger partial charge in [-0.05, 0) is 47.3 Å². The monoisotopic (exact) mass is 238 g/mol. The summed E-state index contributed by atoms with van der Waals surface area (Å²) in [5.41, 5.74) is -0.363. The van der Waals surface area contributed by atoms with Crippen LogP contribution in [0.4, 0.5) is 0 Å². The average molecular weight is 238 g/mol. The molecular formula is C13H26N4. The van der Waals surface area contributed by atoms with Crippen molar-refractivity contribution >= 4 is 0 Å². The SMILES string of the molecule is CNC(C)(C#N)CCCN1CCN(C)C(C)C1. The lowest BCUT2D eigenvalue weighted by Gasteiger charge is -2.38. The Kier molecular flexibility index (Phi) is 5.38. The third-order valence-electron chi connectivity index (χ3n) is 3.99. The molecule has 1 aliphatic rings. The van der Waals surface area contributed by atoms with E-state index in [1.54, 1.807) is 0 Å². The Labute approximate surface area is 106 Å². The Bertz CT molecular complexity index is 273. The zero-order valence-corrected chi connectivity index (χ0v) is 11.7. The Hall–Kier alpha value is -0.630. The van der Waals surface area contributed by atoms with E-state index in [0.717, 1.165) is 39.0 Å². The molecule has 0 aliphatic carbocycles. The van der Waals surface area contributed by atoms with Gasteiger partial charge in [-0.25, -0.2) is 0 Å². The molecule has 0 spiro atoms. The Balaban J connectivity index is 2.26. The van der Waals surface area contributed by atoms with E-state index in [1.165, 1.54) is 0 Å². The van der Waals surface area contributed by atoms with Gasteiger partial charge in [-0.3, -0.25) is 0 Å². The second-order valence-corrected chi connectivity index (χ2v) is 5.43. The van der Waals surface area contributed by atoms with E-state index >= 15 is 0 Å². The second kappa shape index (κ2) is 6.34. The lowest BCUT2D eigenvalue weighted by Crippen LogP contribution is -2.50. The Morgan fingerprint density at radius 3 is 2.71 bits per heavy atom. The smallest absolute Gasteiger partial charge is 0.103 e. The van der Waals surface area contributed by atoms with Crippen molar-refractivity contribution in [2.24, 2.45) is 0 Å². The summed E-state index contributed by atoms with van der Waals surface area (Å²) in [6, 6.07) is 2.99. The fourth-order valence-electron chi connectivity index (χ4n) is 2.22. The highest BCUT2D eigenvalue weighted by Gasteiger charge is 2.23. The van der Waals surface area contributed by atoms with Crippen LogP contribution in [0.5, 0.6) is 0 Å². The molecule has 0 amide bonds. The minimum Gasteiger partial charge on any atom is -0.303 e. The zero-order valence-electron chi connectivity index (χ0n) is 11.7. The number of hydrogen-bond acceptors (Lipinski definition) is 4. The Morgan fingerprint density at radius 2 is 2.18 bits per heavy atom. The second-order valence-electron chi connectivity index (χ2n) is 5.43. The summed E-state index contributed by atoms with van der Waals surface area (Å²) in [7, 11) is 4.05. The number of piperazine rings is 1. The maximum Gasteiger partial charge on any atom is 0.103 e. The maximum absolute atomic E-state index is 9.07. The number of rotatable bonds is 5. The molecule has 1 fully saturated rings. The molecule has 98 valence electrons. The van der Waals surface area contributed by atoms with Crippen LogP contribution in [0.3, 0.4) is 0 Å². The normalized spacial score (nSPS) is 26.4. The first-order chi connectivity index (χ1) is 8.00. The van der Waals surface area contributed by atoms with Crippen LogP contribution in [0.25, 0.3) is 0 Å². The van der Waals surface area contributed by atoms with E-state index in [1.807, 2.05) is 14.0 Å². The zero-order chi connectivity index (χ0) is 12.9. The van der Waals surface area contributed by atoms with E-state index in [4.69, 9.17) is 5.26 Å². The third-order valence-corrected chi connectivity index (χ3v) is 3.99. The maximum atomic E-state index is 9.07. The van der Waals surface area contributed by atoms with Crippen LogP contribution in [0.2, 0.25) is 0 Å². The molecule has 17 heavy (non-hydrogen) atoms. The molecule has 0 aromatic heterocycles. The molecule has 4 nitrogen and oxygen atoms in total. The van der Waals surface area contributed by atoms with Gasteiger partial charge in [0.25, 0.3) is 0 Å². The highest BCUT2D eigenvalue weighted by Crippen LogP contribution is 2.13. The average Bonchev–Trinajstić information content (AvgIpc) is 2.33. The molecule has 1 saturated heterocycles. The first-order valence-corrected chi connectivity index (χ1v) is 6.53. The van der Waals surface area contributed by atoms with E-state index in [0.29, 0.717) is 6.04 Å². The summed E-state index contributed by atoms with van der Waals surface area (Å²) in [4.78, 5) is 4.92. The summed E-state index contributed by atoms with van der Waals surface area (Å²) < 4.78 is 0. The first kappa shape index (κ1) is 14.4. The molecule has 2 atom stereocenters. The van der Waals surface area contributed by atoms with Crippen LogP contribution in [0, 0.1) is 11.3 Å². The van der Waals surface area contributed by atoms with Crippen molar-refractivity contribution in [2.75, 3.05) is 40.3 Å². The number of nitriles is 1. The molecule has 1 N–H and O–H groups in total. The van der Waals surface area contributed by atoms with E-state index in [9.17, 15) is 0 Å². The van der Waals surface area contributed by atoms with Crippen molar-refractivity contribution in [3.05, 3.63) is 0 Å². The molecule has 1 rings (SSSR count). The Morgan fingerprint density at radius 1 is 1.47 bits per heavy atom. The van der Waals surface area contributed by atoms with Gasteiger partial charge in [0.05, 0.1) is 6.07 Å². The van der Waals surface area contributed by atoms with Gasteiger partial charge < -0.3 is 15.1 Å². The predicted molar refractivity (Wildman–Crippen MR) is 70.8 cm³/mol. The fraction of sp³-hybridized carbons (Fsp3) is 0.923. The first-order valence-electron chi connectivity index (χ1n) is 6.53. The van der Waals surface area contributed by atoms with Gasteiger partial charge in [-0.1, -0.05) is 0 Å². The predicted octanol–water partition coefficient (Wildman–Crippen LogP) is 0.904. The molecule has 0 radical (unpaired) electrons. The quantitative estimate of drug-likeness (QED) is 0.773. The van der Waals surface area contributed by atoms with Crippen molar-refractivity contribution in [3.8, 4) is 6.07 Å². The number of nitrogens with zero attached hydrogens (tertiary/aromatic N) is 3. The van der Waals surface area contributed by atoms with Crippen LogP contribution in [0.1, 0.15) is 26.7 Å². The van der Waals surface area contributed by atoms with Gasteiger partial charge in [-0.2, -0.15) is 5.26 Å². The largest absolute Gasteiger partial charge is 0.303 e. The van der Waals surface area contributed by atoms with E-state index in [2.05, 4.69) is 35.2 Å². The molecule has 1 aliphatic heterocycles. The van der Waals surface area contributed by atoms with Gasteiger partial charge >= 0.3 is 0 Å². The lowest BCUT2D eigenvalue weighted by molar-refractivity contribution is 0.103. The van der Waals surface area contributed by atoms with Gasteiger partial charge in [0.2, 0.25) is 0 Å². The lowest BCUT2D eigenvalue weighted by atomic mass is 9.98. The third kappa shape index (κ3) is 4.27. The standard InChI is InChI=1S/C13H26N4/c1-12-10-17(9-8-16(12)4)7-5-6-13(2,11-14)15-3/h12,15H,5-10H2,1-4H3. The summed E-state index contributed by atoms with van der Waals surface area (Å²) in [6.45, 7) is 8.82. The number of likely N-dealkylation sites (N-methyl/N-ethyl adjacent to an activating group) is 1. The molecular weight excluding hydrogens is 212 g/mol. The van der Waals surface area contributed by atoms with Crippen LogP contribution < -0.4 is 5.32 Å². The minimum atomic E-state index is -0.363. The summed E-state index contributed by atoms with van der Waals surface area (Å²) >= 11 is 0. The van der Waals surface area contributed by atoms with Crippen molar-refractivity contribution in [3.63, 3.8) is 0 Å². The van der Waals surface area contributed by atoms with Gasteiger partial charge in [0.15, 0.2) is 0 Å². The molecule has 4 heteroatoms. The highest BCUT2D eigenvalue weighted by atomic mass is 15.3. The fourth-order valence-corrected chi connectivity index (χ4v) is 2.22. The number of nitrogens with one attached hydrogen (secondary N) is 1. The summed E-state index contributed by atoms with van der Waals surface area (Å²) in [5, 5.41) is 12.2. The molecule has 0 aromatic carbocycles. The van der Waals surface area contributed by atoms with Gasteiger partial charge in [0.1, 0.15) is 5.54 Å². The van der Waals surface area contributed by atoms with Crippen LogP contribution in [-0.2, 0) is 0 Å². The van der Waals surface area contributed by atoms with Crippen molar-refractivity contribution in [1.82, 2.24) is 15.1 Å². The minimum absolute atomic E-state index is 0.363. The van der Waals surface area contributed by atoms with Gasteiger partial charge in [0, 0.05) is 25.7 Å². The molecule has 1 heterocycles. The van der Waals surface area contributed by atoms with Crippen LogP contribution in [-0.4, -0.2) is 61.7 Å². The van der Waals surface area contributed by atoms with Crippen molar-refractivity contribution in [1.29, 1.82) is 5.26 Å². The van der Waals surface area contributed by atoms with Crippen LogP contribution >= 0.6 is 0 Å². The topological polar surface area (TPSA) is 42.3 Å².